The van der Waals surface area contributed by atoms with Crippen LogP contribution in [0.5, 0.6) is 0 Å². The monoisotopic (exact) mass is 336 g/mol. The molecule has 132 valence electrons. The van der Waals surface area contributed by atoms with E-state index in [2.05, 4.69) is 5.32 Å². The molecule has 1 fully saturated rings. The lowest BCUT2D eigenvalue weighted by Gasteiger charge is -2.36. The molecule has 1 aliphatic heterocycles. The number of amides is 1. The van der Waals surface area contributed by atoms with Crippen LogP contribution in [0.4, 0.5) is 11.4 Å². The van der Waals surface area contributed by atoms with Gasteiger partial charge in [0.1, 0.15) is 0 Å². The van der Waals surface area contributed by atoms with Crippen LogP contribution in [0.3, 0.4) is 0 Å². The van der Waals surface area contributed by atoms with Gasteiger partial charge in [0.15, 0.2) is 0 Å². The zero-order valence-corrected chi connectivity index (χ0v) is 13.8. The molecule has 0 saturated carbocycles. The summed E-state index contributed by atoms with van der Waals surface area (Å²) in [7, 11) is 0. The van der Waals surface area contributed by atoms with Gasteiger partial charge < -0.3 is 20.6 Å². The Labute approximate surface area is 140 Å². The summed E-state index contributed by atoms with van der Waals surface area (Å²) in [5.74, 6) is -1.25. The number of nitrogens with one attached hydrogen (secondary N) is 1. The van der Waals surface area contributed by atoms with Gasteiger partial charge in [0.05, 0.1) is 35.7 Å². The van der Waals surface area contributed by atoms with Crippen molar-refractivity contribution < 1.29 is 24.9 Å². The quantitative estimate of drug-likeness (QED) is 0.535. The van der Waals surface area contributed by atoms with Crippen molar-refractivity contribution in [3.05, 3.63) is 23.8 Å². The number of rotatable bonds is 8. The number of carboxylic acid groups (broad SMARTS) is 1. The molecule has 1 amide bonds. The molecule has 0 aromatic heterocycles. The lowest BCUT2D eigenvalue weighted by Crippen LogP contribution is -2.52. The van der Waals surface area contributed by atoms with Crippen LogP contribution in [0.25, 0.3) is 0 Å². The molecule has 0 unspecified atom stereocenters. The van der Waals surface area contributed by atoms with Crippen LogP contribution in [0.2, 0.25) is 0 Å². The molecular weight excluding hydrogens is 312 g/mol. The third kappa shape index (κ3) is 3.37. The fraction of sp³-hybridized carbons (Fsp3) is 0.529. The molecule has 0 spiro atoms. The second kappa shape index (κ2) is 7.63. The number of nitrogens with zero attached hydrogens (tertiary/aromatic N) is 1. The molecule has 0 aliphatic carbocycles. The number of carboxylic acids is 1. The smallest absolute Gasteiger partial charge is 0.335 e. The molecule has 0 bridgehead atoms. The number of hydrogen-bond donors (Lipinski definition) is 4. The van der Waals surface area contributed by atoms with Gasteiger partial charge in [0.25, 0.3) is 0 Å². The van der Waals surface area contributed by atoms with E-state index in [1.807, 2.05) is 6.92 Å². The van der Waals surface area contributed by atoms with Crippen LogP contribution in [-0.2, 0) is 4.79 Å². The first-order valence-electron chi connectivity index (χ1n) is 8.15. The highest BCUT2D eigenvalue weighted by Crippen LogP contribution is 2.39. The highest BCUT2D eigenvalue weighted by Gasteiger charge is 2.46. The number of carbonyl (C=O) groups is 2. The topological polar surface area (TPSA) is 110 Å². The van der Waals surface area contributed by atoms with Gasteiger partial charge in [-0.3, -0.25) is 9.69 Å². The molecule has 24 heavy (non-hydrogen) atoms. The number of aliphatic hydroxyl groups excluding tert-OH is 2. The molecule has 7 nitrogen and oxygen atoms in total. The highest BCUT2D eigenvalue weighted by molar-refractivity contribution is 6.01. The third-order valence-electron chi connectivity index (χ3n) is 4.45. The second-order valence-corrected chi connectivity index (χ2v) is 6.09. The van der Waals surface area contributed by atoms with Gasteiger partial charge in [-0.2, -0.15) is 0 Å². The van der Waals surface area contributed by atoms with Crippen LogP contribution in [-0.4, -0.2) is 52.5 Å². The van der Waals surface area contributed by atoms with Gasteiger partial charge in [0.2, 0.25) is 5.91 Å². The van der Waals surface area contributed by atoms with E-state index in [1.165, 1.54) is 17.0 Å². The Balaban J connectivity index is 2.46. The SMILES string of the molecule is CCCCNc1cc(C(=O)O)ccc1N1C(=O)CCC1(CO)CO. The first kappa shape index (κ1) is 18.2. The molecule has 1 aromatic carbocycles. The molecule has 7 heteroatoms. The summed E-state index contributed by atoms with van der Waals surface area (Å²) in [4.78, 5) is 25.0. The van der Waals surface area contributed by atoms with Crippen LogP contribution in [0.1, 0.15) is 43.0 Å². The van der Waals surface area contributed by atoms with Crippen molar-refractivity contribution in [3.63, 3.8) is 0 Å². The summed E-state index contributed by atoms with van der Waals surface area (Å²) in [6, 6.07) is 4.47. The van der Waals surface area contributed by atoms with E-state index < -0.39 is 11.5 Å². The lowest BCUT2D eigenvalue weighted by atomic mass is 9.97. The highest BCUT2D eigenvalue weighted by atomic mass is 16.4. The van der Waals surface area contributed by atoms with Gasteiger partial charge in [-0.05, 0) is 31.0 Å². The lowest BCUT2D eigenvalue weighted by molar-refractivity contribution is -0.117. The van der Waals surface area contributed by atoms with Crippen molar-refractivity contribution in [1.29, 1.82) is 0 Å². The predicted octanol–water partition coefficient (Wildman–Crippen LogP) is 1.45. The van der Waals surface area contributed by atoms with Gasteiger partial charge in [0, 0.05) is 13.0 Å². The van der Waals surface area contributed by atoms with Crippen molar-refractivity contribution in [2.45, 2.75) is 38.1 Å². The van der Waals surface area contributed by atoms with Crippen molar-refractivity contribution in [1.82, 2.24) is 0 Å². The fourth-order valence-electron chi connectivity index (χ4n) is 2.97. The summed E-state index contributed by atoms with van der Waals surface area (Å²) in [6.45, 7) is 1.97. The number of hydrogen-bond acceptors (Lipinski definition) is 5. The molecule has 1 heterocycles. The summed E-state index contributed by atoms with van der Waals surface area (Å²) < 4.78 is 0. The summed E-state index contributed by atoms with van der Waals surface area (Å²) in [6.07, 6.45) is 2.46. The van der Waals surface area contributed by atoms with E-state index in [-0.39, 0.29) is 31.1 Å². The number of benzene rings is 1. The predicted molar refractivity (Wildman–Crippen MR) is 90.4 cm³/mol. The van der Waals surface area contributed by atoms with E-state index in [0.717, 1.165) is 12.8 Å². The molecule has 2 rings (SSSR count). The standard InChI is InChI=1S/C17H24N2O5/c1-2-3-8-18-13-9-12(16(23)24)4-5-14(13)19-15(22)6-7-17(19,10-20)11-21/h4-5,9,18,20-21H,2-3,6-8,10-11H2,1H3,(H,23,24). The number of unbranched alkanes of at least 4 members (excludes halogenated alkanes) is 1. The number of carbonyl (C=O) groups excluding carboxylic acids is 1. The maximum Gasteiger partial charge on any atom is 0.335 e. The summed E-state index contributed by atoms with van der Waals surface area (Å²) >= 11 is 0. The number of aromatic carboxylic acids is 1. The largest absolute Gasteiger partial charge is 0.478 e. The Bertz CT molecular complexity index is 613. The summed E-state index contributed by atoms with van der Waals surface area (Å²) in [5, 5.41) is 31.9. The van der Waals surface area contributed by atoms with Crippen molar-refractivity contribution in [2.24, 2.45) is 0 Å². The molecule has 0 radical (unpaired) electrons. The summed E-state index contributed by atoms with van der Waals surface area (Å²) in [5.41, 5.74) is 0.0674. The Hall–Kier alpha value is -2.12. The van der Waals surface area contributed by atoms with Gasteiger partial charge in [-0.25, -0.2) is 4.79 Å². The number of anilines is 2. The zero-order valence-electron chi connectivity index (χ0n) is 13.8. The van der Waals surface area contributed by atoms with Crippen molar-refractivity contribution in [2.75, 3.05) is 30.0 Å². The average Bonchev–Trinajstić information content (AvgIpc) is 2.92. The minimum atomic E-state index is -1.05. The van der Waals surface area contributed by atoms with Crippen molar-refractivity contribution in [3.8, 4) is 0 Å². The van der Waals surface area contributed by atoms with E-state index >= 15 is 0 Å². The van der Waals surface area contributed by atoms with Crippen LogP contribution >= 0.6 is 0 Å². The van der Waals surface area contributed by atoms with E-state index in [1.54, 1.807) is 6.07 Å². The minimum absolute atomic E-state index is 0.114. The van der Waals surface area contributed by atoms with Crippen molar-refractivity contribution >= 4 is 23.3 Å². The Morgan fingerprint density at radius 1 is 1.33 bits per heavy atom. The molecule has 1 aliphatic rings. The van der Waals surface area contributed by atoms with E-state index in [0.29, 0.717) is 24.3 Å². The minimum Gasteiger partial charge on any atom is -0.478 e. The fourth-order valence-corrected chi connectivity index (χ4v) is 2.97. The molecule has 1 aromatic rings. The average molecular weight is 336 g/mol. The normalized spacial score (nSPS) is 16.5. The Morgan fingerprint density at radius 3 is 2.62 bits per heavy atom. The molecule has 4 N–H and O–H groups in total. The van der Waals surface area contributed by atoms with Crippen LogP contribution in [0.15, 0.2) is 18.2 Å². The zero-order chi connectivity index (χ0) is 17.7. The first-order valence-corrected chi connectivity index (χ1v) is 8.15. The maximum atomic E-state index is 12.4. The Morgan fingerprint density at radius 2 is 2.04 bits per heavy atom. The van der Waals surface area contributed by atoms with Crippen LogP contribution in [0, 0.1) is 0 Å². The first-order chi connectivity index (χ1) is 11.5. The van der Waals surface area contributed by atoms with Gasteiger partial charge >= 0.3 is 5.97 Å². The Kier molecular flexibility index (Phi) is 5.80. The van der Waals surface area contributed by atoms with Gasteiger partial charge in [-0.1, -0.05) is 13.3 Å². The second-order valence-electron chi connectivity index (χ2n) is 6.09. The van der Waals surface area contributed by atoms with E-state index in [9.17, 15) is 24.9 Å². The number of aliphatic hydroxyl groups is 2. The molecular formula is C17H24N2O5. The maximum absolute atomic E-state index is 12.4. The molecule has 1 saturated heterocycles. The van der Waals surface area contributed by atoms with Gasteiger partial charge in [-0.15, -0.1) is 0 Å². The van der Waals surface area contributed by atoms with E-state index in [4.69, 9.17) is 0 Å². The van der Waals surface area contributed by atoms with Crippen LogP contribution < -0.4 is 10.2 Å². The molecule has 0 atom stereocenters. The third-order valence-corrected chi connectivity index (χ3v) is 4.45.